The van der Waals surface area contributed by atoms with E-state index in [1.54, 1.807) is 0 Å². The van der Waals surface area contributed by atoms with Crippen molar-refractivity contribution in [1.29, 1.82) is 0 Å². The fraction of sp³-hybridized carbons (Fsp3) is 0.538. The SMILES string of the molecule is CCC(C)N(CC(=O)N1CCN(c2ccc(-c3ccc(C)cc3)nn2)CC1)C(=O)C1CCC1. The van der Waals surface area contributed by atoms with Gasteiger partial charge in [-0.25, -0.2) is 0 Å². The van der Waals surface area contributed by atoms with Gasteiger partial charge in [0.2, 0.25) is 11.8 Å². The van der Waals surface area contributed by atoms with Crippen LogP contribution in [0.25, 0.3) is 11.3 Å². The van der Waals surface area contributed by atoms with Crippen molar-refractivity contribution in [3.63, 3.8) is 0 Å². The van der Waals surface area contributed by atoms with Gasteiger partial charge in [0, 0.05) is 43.7 Å². The summed E-state index contributed by atoms with van der Waals surface area (Å²) in [5.74, 6) is 1.15. The molecule has 7 heteroatoms. The number of anilines is 1. The van der Waals surface area contributed by atoms with E-state index in [4.69, 9.17) is 0 Å². The van der Waals surface area contributed by atoms with Crippen molar-refractivity contribution in [3.8, 4) is 11.3 Å². The first-order chi connectivity index (χ1) is 16.0. The summed E-state index contributed by atoms with van der Waals surface area (Å²) in [6.07, 6.45) is 3.90. The smallest absolute Gasteiger partial charge is 0.242 e. The molecule has 1 aromatic carbocycles. The highest BCUT2D eigenvalue weighted by Gasteiger charge is 2.33. The topological polar surface area (TPSA) is 69.6 Å². The number of nitrogens with zero attached hydrogens (tertiary/aromatic N) is 5. The highest BCUT2D eigenvalue weighted by atomic mass is 16.2. The van der Waals surface area contributed by atoms with Gasteiger partial charge < -0.3 is 14.7 Å². The molecule has 1 atom stereocenters. The molecule has 1 saturated heterocycles. The summed E-state index contributed by atoms with van der Waals surface area (Å²) < 4.78 is 0. The van der Waals surface area contributed by atoms with Crippen LogP contribution >= 0.6 is 0 Å². The molecule has 1 aromatic heterocycles. The predicted octanol–water partition coefficient (Wildman–Crippen LogP) is 3.53. The Morgan fingerprint density at radius 3 is 2.27 bits per heavy atom. The third-order valence-corrected chi connectivity index (χ3v) is 7.12. The Morgan fingerprint density at radius 1 is 1.03 bits per heavy atom. The van der Waals surface area contributed by atoms with E-state index >= 15 is 0 Å². The molecule has 2 aromatic rings. The van der Waals surface area contributed by atoms with Crippen LogP contribution in [-0.2, 0) is 9.59 Å². The average molecular weight is 450 g/mol. The first kappa shape index (κ1) is 23.2. The molecule has 4 rings (SSSR count). The molecular weight excluding hydrogens is 414 g/mol. The van der Waals surface area contributed by atoms with Gasteiger partial charge in [-0.2, -0.15) is 0 Å². The van der Waals surface area contributed by atoms with E-state index in [9.17, 15) is 9.59 Å². The normalized spacial score (nSPS) is 17.4. The maximum absolute atomic E-state index is 13.0. The second-order valence-electron chi connectivity index (χ2n) is 9.36. The number of hydrogen-bond donors (Lipinski definition) is 0. The third-order valence-electron chi connectivity index (χ3n) is 7.12. The summed E-state index contributed by atoms with van der Waals surface area (Å²) in [7, 11) is 0. The summed E-state index contributed by atoms with van der Waals surface area (Å²) in [4.78, 5) is 31.7. The van der Waals surface area contributed by atoms with Crippen molar-refractivity contribution in [2.75, 3.05) is 37.6 Å². The van der Waals surface area contributed by atoms with Gasteiger partial charge >= 0.3 is 0 Å². The summed E-state index contributed by atoms with van der Waals surface area (Å²) in [6, 6.07) is 12.4. The molecule has 2 amide bonds. The molecular formula is C26H35N5O2. The minimum Gasteiger partial charge on any atom is -0.352 e. The number of carbonyl (C=O) groups excluding carboxylic acids is 2. The van der Waals surface area contributed by atoms with E-state index in [2.05, 4.69) is 53.2 Å². The minimum absolute atomic E-state index is 0.0448. The van der Waals surface area contributed by atoms with E-state index in [-0.39, 0.29) is 30.3 Å². The van der Waals surface area contributed by atoms with Crippen LogP contribution in [0.2, 0.25) is 0 Å². The second-order valence-corrected chi connectivity index (χ2v) is 9.36. The second kappa shape index (κ2) is 10.3. The Bertz CT molecular complexity index is 948. The molecule has 2 heterocycles. The van der Waals surface area contributed by atoms with Crippen molar-refractivity contribution in [2.45, 2.75) is 52.5 Å². The predicted molar refractivity (Wildman–Crippen MR) is 130 cm³/mol. The Kier molecular flexibility index (Phi) is 7.26. The van der Waals surface area contributed by atoms with E-state index < -0.39 is 0 Å². The number of rotatable bonds is 7. The Balaban J connectivity index is 1.32. The van der Waals surface area contributed by atoms with Crippen molar-refractivity contribution in [2.24, 2.45) is 5.92 Å². The maximum Gasteiger partial charge on any atom is 0.242 e. The molecule has 33 heavy (non-hydrogen) atoms. The average Bonchev–Trinajstić information content (AvgIpc) is 2.81. The lowest BCUT2D eigenvalue weighted by atomic mass is 9.84. The van der Waals surface area contributed by atoms with Crippen molar-refractivity contribution >= 4 is 17.6 Å². The van der Waals surface area contributed by atoms with Gasteiger partial charge in [-0.1, -0.05) is 43.2 Å². The van der Waals surface area contributed by atoms with Crippen LogP contribution in [0, 0.1) is 12.8 Å². The Hall–Kier alpha value is -2.96. The number of carbonyl (C=O) groups is 2. The Morgan fingerprint density at radius 2 is 1.73 bits per heavy atom. The molecule has 1 unspecified atom stereocenters. The monoisotopic (exact) mass is 449 g/mol. The zero-order chi connectivity index (χ0) is 23.4. The maximum atomic E-state index is 13.0. The summed E-state index contributed by atoms with van der Waals surface area (Å²) in [6.45, 7) is 9.06. The number of piperazine rings is 1. The van der Waals surface area contributed by atoms with Crippen molar-refractivity contribution in [1.82, 2.24) is 20.0 Å². The number of amides is 2. The van der Waals surface area contributed by atoms with Crippen LogP contribution in [0.5, 0.6) is 0 Å². The van der Waals surface area contributed by atoms with Crippen LogP contribution < -0.4 is 4.90 Å². The molecule has 7 nitrogen and oxygen atoms in total. The van der Waals surface area contributed by atoms with E-state index in [0.717, 1.165) is 42.8 Å². The van der Waals surface area contributed by atoms with Gasteiger partial charge in [0.25, 0.3) is 0 Å². The standard InChI is InChI=1S/C26H35N5O2/c1-4-20(3)31(26(33)22-6-5-7-22)18-25(32)30-16-14-29(15-17-30)24-13-12-23(27-28-24)21-10-8-19(2)9-11-21/h8-13,20,22H,4-7,14-18H2,1-3H3. The fourth-order valence-corrected chi connectivity index (χ4v) is 4.36. The number of hydrogen-bond acceptors (Lipinski definition) is 5. The molecule has 2 aliphatic rings. The van der Waals surface area contributed by atoms with Crippen molar-refractivity contribution in [3.05, 3.63) is 42.0 Å². The van der Waals surface area contributed by atoms with Gasteiger partial charge in [-0.3, -0.25) is 9.59 Å². The van der Waals surface area contributed by atoms with E-state index in [1.807, 2.05) is 28.9 Å². The van der Waals surface area contributed by atoms with Crippen LogP contribution in [0.1, 0.15) is 45.1 Å². The lowest BCUT2D eigenvalue weighted by Gasteiger charge is -2.38. The fourth-order valence-electron chi connectivity index (χ4n) is 4.36. The highest BCUT2D eigenvalue weighted by molar-refractivity contribution is 5.86. The third kappa shape index (κ3) is 5.34. The van der Waals surface area contributed by atoms with Gasteiger partial charge in [-0.05, 0) is 45.2 Å². The van der Waals surface area contributed by atoms with Crippen LogP contribution in [-0.4, -0.2) is 70.6 Å². The van der Waals surface area contributed by atoms with Gasteiger partial charge in [0.15, 0.2) is 5.82 Å². The molecule has 0 N–H and O–H groups in total. The van der Waals surface area contributed by atoms with Gasteiger partial charge in [-0.15, -0.1) is 10.2 Å². The van der Waals surface area contributed by atoms with Crippen LogP contribution in [0.15, 0.2) is 36.4 Å². The number of aromatic nitrogens is 2. The number of benzene rings is 1. The molecule has 1 aliphatic carbocycles. The van der Waals surface area contributed by atoms with E-state index in [0.29, 0.717) is 26.2 Å². The molecule has 0 bridgehead atoms. The minimum atomic E-state index is 0.0448. The largest absolute Gasteiger partial charge is 0.352 e. The quantitative estimate of drug-likeness (QED) is 0.647. The van der Waals surface area contributed by atoms with Crippen LogP contribution in [0.3, 0.4) is 0 Å². The molecule has 176 valence electrons. The van der Waals surface area contributed by atoms with Crippen LogP contribution in [0.4, 0.5) is 5.82 Å². The molecule has 0 radical (unpaired) electrons. The summed E-state index contributed by atoms with van der Waals surface area (Å²) in [5.41, 5.74) is 3.13. The molecule has 2 fully saturated rings. The molecule has 1 saturated carbocycles. The lowest BCUT2D eigenvalue weighted by Crippen LogP contribution is -2.54. The number of aryl methyl sites for hydroxylation is 1. The molecule has 0 spiro atoms. The Labute approximate surface area is 196 Å². The van der Waals surface area contributed by atoms with Gasteiger partial charge in [0.1, 0.15) is 0 Å². The lowest BCUT2D eigenvalue weighted by molar-refractivity contribution is -0.147. The van der Waals surface area contributed by atoms with E-state index in [1.165, 1.54) is 5.56 Å². The molecule has 1 aliphatic heterocycles. The van der Waals surface area contributed by atoms with Crippen molar-refractivity contribution < 1.29 is 9.59 Å². The highest BCUT2D eigenvalue weighted by Crippen LogP contribution is 2.29. The zero-order valence-electron chi connectivity index (χ0n) is 20.0. The zero-order valence-corrected chi connectivity index (χ0v) is 20.0. The van der Waals surface area contributed by atoms with Gasteiger partial charge in [0.05, 0.1) is 12.2 Å². The first-order valence-electron chi connectivity index (χ1n) is 12.2. The summed E-state index contributed by atoms with van der Waals surface area (Å²) in [5, 5.41) is 8.84. The first-order valence-corrected chi connectivity index (χ1v) is 12.2. The summed E-state index contributed by atoms with van der Waals surface area (Å²) >= 11 is 0.